The van der Waals surface area contributed by atoms with Gasteiger partial charge in [0.05, 0.1) is 0 Å². The summed E-state index contributed by atoms with van der Waals surface area (Å²) in [6, 6.07) is 2.46. The maximum Gasteiger partial charge on any atom is -0.0213 e. The fourth-order valence-corrected chi connectivity index (χ4v) is 3.10. The molecule has 82 valence electrons. The zero-order valence-electron chi connectivity index (χ0n) is 10.5. The van der Waals surface area contributed by atoms with Crippen molar-refractivity contribution in [3.63, 3.8) is 0 Å². The minimum Gasteiger partial charge on any atom is -0.0613 e. The molecule has 0 fully saturated rings. The second-order valence-electron chi connectivity index (χ2n) is 5.07. The van der Waals surface area contributed by atoms with Gasteiger partial charge in [-0.25, -0.2) is 0 Å². The van der Waals surface area contributed by atoms with Crippen LogP contribution in [-0.4, -0.2) is 0 Å². The lowest BCUT2D eigenvalue weighted by molar-refractivity contribution is 0.825. The number of rotatable bonds is 2. The Morgan fingerprint density at radius 2 is 2.00 bits per heavy atom. The average Bonchev–Trinajstić information content (AvgIpc) is 2.63. The molecule has 0 saturated heterocycles. The molecule has 1 aliphatic carbocycles. The molecule has 0 bridgehead atoms. The summed E-state index contributed by atoms with van der Waals surface area (Å²) in [5.74, 6) is 0.684. The summed E-state index contributed by atoms with van der Waals surface area (Å²) in [6.45, 7) is 9.25. The molecule has 0 spiro atoms. The van der Waals surface area contributed by atoms with Crippen LogP contribution in [0.4, 0.5) is 0 Å². The fourth-order valence-electron chi connectivity index (χ4n) is 3.10. The first kappa shape index (κ1) is 10.7. The van der Waals surface area contributed by atoms with Gasteiger partial charge in [-0.2, -0.15) is 0 Å². The first-order chi connectivity index (χ1) is 7.15. The Kier molecular flexibility index (Phi) is 2.86. The van der Waals surface area contributed by atoms with Gasteiger partial charge in [-0.3, -0.25) is 0 Å². The predicted octanol–water partition coefficient (Wildman–Crippen LogP) is 4.17. The number of aryl methyl sites for hydroxylation is 2. The van der Waals surface area contributed by atoms with Crippen LogP contribution < -0.4 is 0 Å². The highest BCUT2D eigenvalue weighted by molar-refractivity contribution is 5.49. The summed E-state index contributed by atoms with van der Waals surface area (Å²) in [5.41, 5.74) is 8.11. The molecule has 15 heavy (non-hydrogen) atoms. The molecule has 1 aromatic rings. The van der Waals surface area contributed by atoms with Gasteiger partial charge in [0.1, 0.15) is 0 Å². The van der Waals surface area contributed by atoms with Gasteiger partial charge in [-0.15, -0.1) is 0 Å². The van der Waals surface area contributed by atoms with Gasteiger partial charge in [-0.1, -0.05) is 26.8 Å². The van der Waals surface area contributed by atoms with Crippen molar-refractivity contribution in [1.82, 2.24) is 0 Å². The van der Waals surface area contributed by atoms with Gasteiger partial charge in [-0.05, 0) is 66.3 Å². The number of benzene rings is 1. The smallest absolute Gasteiger partial charge is 0.0213 e. The van der Waals surface area contributed by atoms with E-state index in [1.54, 1.807) is 27.8 Å². The van der Waals surface area contributed by atoms with Crippen LogP contribution in [0.2, 0.25) is 0 Å². The van der Waals surface area contributed by atoms with E-state index in [0.717, 1.165) is 0 Å². The molecule has 0 aromatic heterocycles. The molecule has 0 radical (unpaired) electrons. The molecule has 0 heteroatoms. The van der Waals surface area contributed by atoms with Crippen LogP contribution in [0.5, 0.6) is 0 Å². The summed E-state index contributed by atoms with van der Waals surface area (Å²) in [6.07, 6.45) is 5.16. The van der Waals surface area contributed by atoms with Crippen LogP contribution >= 0.6 is 0 Å². The minimum atomic E-state index is 0.684. The quantitative estimate of drug-likeness (QED) is 0.675. The normalized spacial score (nSPS) is 14.7. The maximum atomic E-state index is 2.46. The third-order valence-corrected chi connectivity index (χ3v) is 3.78. The summed E-state index contributed by atoms with van der Waals surface area (Å²) in [5, 5.41) is 0. The van der Waals surface area contributed by atoms with Crippen LogP contribution in [0, 0.1) is 6.92 Å². The molecular weight excluding hydrogens is 180 g/mol. The van der Waals surface area contributed by atoms with E-state index in [1.165, 1.54) is 25.7 Å². The molecule has 0 nitrogen and oxygen atoms in total. The first-order valence-electron chi connectivity index (χ1n) is 6.29. The molecule has 2 rings (SSSR count). The second kappa shape index (κ2) is 4.00. The third kappa shape index (κ3) is 1.71. The fraction of sp³-hybridized carbons (Fsp3) is 0.600. The molecule has 0 saturated carbocycles. The number of hydrogen-bond acceptors (Lipinski definition) is 0. The van der Waals surface area contributed by atoms with Crippen molar-refractivity contribution in [1.29, 1.82) is 0 Å². The number of hydrogen-bond donors (Lipinski definition) is 0. The van der Waals surface area contributed by atoms with E-state index in [0.29, 0.717) is 5.92 Å². The van der Waals surface area contributed by atoms with E-state index >= 15 is 0 Å². The Bertz CT molecular complexity index is 371. The van der Waals surface area contributed by atoms with Crippen LogP contribution in [0.3, 0.4) is 0 Å². The van der Waals surface area contributed by atoms with E-state index in [9.17, 15) is 0 Å². The monoisotopic (exact) mass is 202 g/mol. The third-order valence-electron chi connectivity index (χ3n) is 3.78. The van der Waals surface area contributed by atoms with Gasteiger partial charge in [0, 0.05) is 0 Å². The lowest BCUT2D eigenvalue weighted by Crippen LogP contribution is -2.03. The molecule has 1 aliphatic rings. The zero-order valence-corrected chi connectivity index (χ0v) is 10.5. The molecule has 0 aliphatic heterocycles. The molecule has 0 amide bonds. The van der Waals surface area contributed by atoms with Gasteiger partial charge < -0.3 is 0 Å². The standard InChI is InChI=1S/C15H22/c1-5-12-9-13-7-6-8-14(13)15(10(2)3)11(12)4/h9-10H,5-8H2,1-4H3. The van der Waals surface area contributed by atoms with E-state index in [4.69, 9.17) is 0 Å². The first-order valence-corrected chi connectivity index (χ1v) is 6.29. The van der Waals surface area contributed by atoms with Gasteiger partial charge >= 0.3 is 0 Å². The topological polar surface area (TPSA) is 0 Å². The van der Waals surface area contributed by atoms with Gasteiger partial charge in [0.2, 0.25) is 0 Å². The molecule has 0 unspecified atom stereocenters. The maximum absolute atomic E-state index is 2.46. The Morgan fingerprint density at radius 1 is 1.27 bits per heavy atom. The van der Waals surface area contributed by atoms with Crippen molar-refractivity contribution >= 4 is 0 Å². The van der Waals surface area contributed by atoms with Crippen molar-refractivity contribution in [2.24, 2.45) is 0 Å². The molecule has 1 aromatic carbocycles. The highest BCUT2D eigenvalue weighted by atomic mass is 14.2. The summed E-state index contributed by atoms with van der Waals surface area (Å²) < 4.78 is 0. The van der Waals surface area contributed by atoms with Crippen molar-refractivity contribution < 1.29 is 0 Å². The van der Waals surface area contributed by atoms with Crippen molar-refractivity contribution in [2.45, 2.75) is 59.3 Å². The second-order valence-corrected chi connectivity index (χ2v) is 5.07. The Morgan fingerprint density at radius 3 is 2.60 bits per heavy atom. The van der Waals surface area contributed by atoms with Crippen LogP contribution in [0.25, 0.3) is 0 Å². The highest BCUT2D eigenvalue weighted by Crippen LogP contribution is 2.34. The molecule has 0 heterocycles. The lowest BCUT2D eigenvalue weighted by Gasteiger charge is -2.19. The Hall–Kier alpha value is -0.780. The molecule has 0 N–H and O–H groups in total. The van der Waals surface area contributed by atoms with E-state index in [2.05, 4.69) is 33.8 Å². The van der Waals surface area contributed by atoms with Crippen LogP contribution in [-0.2, 0) is 19.3 Å². The van der Waals surface area contributed by atoms with Crippen molar-refractivity contribution in [2.75, 3.05) is 0 Å². The SMILES string of the molecule is CCc1cc2c(c(C(C)C)c1C)CCC2. The van der Waals surface area contributed by atoms with E-state index in [-0.39, 0.29) is 0 Å². The highest BCUT2D eigenvalue weighted by Gasteiger charge is 2.20. The minimum absolute atomic E-state index is 0.684. The molecular formula is C15H22. The lowest BCUT2D eigenvalue weighted by atomic mass is 9.86. The summed E-state index contributed by atoms with van der Waals surface area (Å²) in [7, 11) is 0. The summed E-state index contributed by atoms with van der Waals surface area (Å²) in [4.78, 5) is 0. The van der Waals surface area contributed by atoms with E-state index < -0.39 is 0 Å². The average molecular weight is 202 g/mol. The zero-order chi connectivity index (χ0) is 11.0. The Balaban J connectivity index is 2.64. The van der Waals surface area contributed by atoms with Gasteiger partial charge in [0.15, 0.2) is 0 Å². The van der Waals surface area contributed by atoms with Crippen LogP contribution in [0.1, 0.15) is 60.9 Å². The van der Waals surface area contributed by atoms with Crippen LogP contribution in [0.15, 0.2) is 6.07 Å². The van der Waals surface area contributed by atoms with Gasteiger partial charge in [0.25, 0.3) is 0 Å². The largest absolute Gasteiger partial charge is 0.0613 e. The number of fused-ring (bicyclic) bond motifs is 1. The summed E-state index contributed by atoms with van der Waals surface area (Å²) >= 11 is 0. The predicted molar refractivity (Wildman–Crippen MR) is 66.7 cm³/mol. The van der Waals surface area contributed by atoms with E-state index in [1.807, 2.05) is 0 Å². The van der Waals surface area contributed by atoms with Crippen molar-refractivity contribution in [3.05, 3.63) is 33.9 Å². The molecule has 0 atom stereocenters. The Labute approximate surface area is 93.7 Å². The van der Waals surface area contributed by atoms with Crippen molar-refractivity contribution in [3.8, 4) is 0 Å².